The van der Waals surface area contributed by atoms with Gasteiger partial charge in [-0.15, -0.1) is 0 Å². The Balaban J connectivity index is 2.27. The van der Waals surface area contributed by atoms with Crippen molar-refractivity contribution in [3.63, 3.8) is 0 Å². The van der Waals surface area contributed by atoms with Gasteiger partial charge in [0.25, 0.3) is 0 Å². The molecule has 1 aliphatic carbocycles. The lowest BCUT2D eigenvalue weighted by Gasteiger charge is -2.14. The fourth-order valence-corrected chi connectivity index (χ4v) is 2.16. The molecule has 0 aromatic heterocycles. The van der Waals surface area contributed by atoms with E-state index in [1.807, 2.05) is 0 Å². The molecule has 1 aromatic carbocycles. The Morgan fingerprint density at radius 3 is 2.53 bits per heavy atom. The molecule has 2 rings (SSSR count). The number of halogens is 3. The van der Waals surface area contributed by atoms with E-state index in [0.717, 1.165) is 6.42 Å². The highest BCUT2D eigenvalue weighted by molar-refractivity contribution is 6.33. The highest BCUT2D eigenvalue weighted by Crippen LogP contribution is 2.39. The second kappa shape index (κ2) is 4.28. The molecule has 2 N–H and O–H groups in total. The first-order chi connectivity index (χ1) is 7.09. The summed E-state index contributed by atoms with van der Waals surface area (Å²) in [6.45, 7) is 0. The van der Waals surface area contributed by atoms with Crippen LogP contribution in [0.4, 0.5) is 4.39 Å². The first-order valence-corrected chi connectivity index (χ1v) is 5.74. The number of hydrogen-bond donors (Lipinski definition) is 1. The number of nitrogens with two attached hydrogens (primary N) is 1. The molecule has 1 saturated carbocycles. The van der Waals surface area contributed by atoms with Crippen LogP contribution in [-0.4, -0.2) is 0 Å². The van der Waals surface area contributed by atoms with Gasteiger partial charge in [-0.05, 0) is 24.5 Å². The van der Waals surface area contributed by atoms with Crippen LogP contribution >= 0.6 is 23.2 Å². The van der Waals surface area contributed by atoms with Crippen LogP contribution in [0.1, 0.15) is 30.9 Å². The zero-order valence-electron chi connectivity index (χ0n) is 8.14. The minimum atomic E-state index is -0.475. The molecule has 1 aliphatic rings. The first-order valence-electron chi connectivity index (χ1n) is 4.98. The Labute approximate surface area is 98.4 Å². The molecule has 0 unspecified atom stereocenters. The molecule has 0 amide bonds. The summed E-state index contributed by atoms with van der Waals surface area (Å²) >= 11 is 11.6. The van der Waals surface area contributed by atoms with Crippen molar-refractivity contribution in [3.05, 3.63) is 33.6 Å². The zero-order valence-corrected chi connectivity index (χ0v) is 9.65. The second-order valence-electron chi connectivity index (χ2n) is 4.04. The molecule has 0 bridgehead atoms. The molecule has 0 heterocycles. The lowest BCUT2D eigenvalue weighted by molar-refractivity contribution is 0.543. The van der Waals surface area contributed by atoms with Crippen LogP contribution in [0.2, 0.25) is 10.0 Å². The number of rotatable bonds is 3. The average molecular weight is 248 g/mol. The van der Waals surface area contributed by atoms with E-state index >= 15 is 0 Å². The minimum absolute atomic E-state index is 0.0839. The SMILES string of the molecule is N[C@@H](CC1CC1)c1c(Cl)ccc(Cl)c1F. The zero-order chi connectivity index (χ0) is 11.0. The molecule has 1 nitrogen and oxygen atoms in total. The van der Waals surface area contributed by atoms with E-state index < -0.39 is 5.82 Å². The summed E-state index contributed by atoms with van der Waals surface area (Å²) in [5.41, 5.74) is 6.28. The van der Waals surface area contributed by atoms with Crippen LogP contribution in [0, 0.1) is 11.7 Å². The molecule has 0 radical (unpaired) electrons. The Morgan fingerprint density at radius 1 is 1.33 bits per heavy atom. The summed E-state index contributed by atoms with van der Waals surface area (Å²) in [5.74, 6) is 0.159. The molecule has 1 atom stereocenters. The predicted molar refractivity (Wildman–Crippen MR) is 60.7 cm³/mol. The van der Waals surface area contributed by atoms with Crippen molar-refractivity contribution in [1.29, 1.82) is 0 Å². The summed E-state index contributed by atoms with van der Waals surface area (Å²) < 4.78 is 13.7. The van der Waals surface area contributed by atoms with Gasteiger partial charge in [-0.1, -0.05) is 36.0 Å². The molecule has 1 fully saturated rings. The fraction of sp³-hybridized carbons (Fsp3) is 0.455. The highest BCUT2D eigenvalue weighted by atomic mass is 35.5. The number of hydrogen-bond acceptors (Lipinski definition) is 1. The van der Waals surface area contributed by atoms with Gasteiger partial charge >= 0.3 is 0 Å². The van der Waals surface area contributed by atoms with Crippen LogP contribution in [0.15, 0.2) is 12.1 Å². The van der Waals surface area contributed by atoms with Gasteiger partial charge in [0, 0.05) is 16.6 Å². The van der Waals surface area contributed by atoms with Gasteiger partial charge in [-0.2, -0.15) is 0 Å². The Kier molecular flexibility index (Phi) is 3.19. The number of benzene rings is 1. The molecule has 15 heavy (non-hydrogen) atoms. The van der Waals surface area contributed by atoms with Gasteiger partial charge in [0.05, 0.1) is 5.02 Å². The van der Waals surface area contributed by atoms with E-state index in [4.69, 9.17) is 28.9 Å². The smallest absolute Gasteiger partial charge is 0.148 e. The van der Waals surface area contributed by atoms with Crippen molar-refractivity contribution in [1.82, 2.24) is 0 Å². The van der Waals surface area contributed by atoms with E-state index in [0.29, 0.717) is 16.5 Å². The summed E-state index contributed by atoms with van der Waals surface area (Å²) in [6.07, 6.45) is 3.16. The second-order valence-corrected chi connectivity index (χ2v) is 4.86. The van der Waals surface area contributed by atoms with E-state index in [1.54, 1.807) is 6.07 Å². The maximum atomic E-state index is 13.7. The highest BCUT2D eigenvalue weighted by Gasteiger charge is 2.27. The van der Waals surface area contributed by atoms with E-state index in [9.17, 15) is 4.39 Å². The van der Waals surface area contributed by atoms with Crippen molar-refractivity contribution in [3.8, 4) is 0 Å². The summed E-state index contributed by atoms with van der Waals surface area (Å²) in [6, 6.07) is 2.70. The van der Waals surface area contributed by atoms with E-state index in [2.05, 4.69) is 0 Å². The normalized spacial score (nSPS) is 17.9. The maximum Gasteiger partial charge on any atom is 0.148 e. The Bertz CT molecular complexity index is 377. The molecule has 1 aromatic rings. The van der Waals surface area contributed by atoms with Crippen molar-refractivity contribution in [2.45, 2.75) is 25.3 Å². The van der Waals surface area contributed by atoms with E-state index in [-0.39, 0.29) is 11.1 Å². The standard InChI is InChI=1S/C11H12Cl2FN/c12-7-3-4-8(13)11(14)10(7)9(15)5-6-1-2-6/h3-4,6,9H,1-2,5,15H2/t9-/m0/s1. The molecular formula is C11H12Cl2FN. The first kappa shape index (κ1) is 11.2. The van der Waals surface area contributed by atoms with Crippen LogP contribution in [0.25, 0.3) is 0 Å². The van der Waals surface area contributed by atoms with Crippen molar-refractivity contribution >= 4 is 23.2 Å². The maximum absolute atomic E-state index is 13.7. The Hall–Kier alpha value is -0.310. The van der Waals surface area contributed by atoms with Crippen LogP contribution in [0.5, 0.6) is 0 Å². The van der Waals surface area contributed by atoms with Gasteiger partial charge in [-0.3, -0.25) is 0 Å². The molecular weight excluding hydrogens is 236 g/mol. The molecule has 0 aliphatic heterocycles. The van der Waals surface area contributed by atoms with Gasteiger partial charge in [0.1, 0.15) is 5.82 Å². The molecule has 82 valence electrons. The van der Waals surface area contributed by atoms with Crippen LogP contribution in [-0.2, 0) is 0 Å². The summed E-state index contributed by atoms with van der Waals surface area (Å²) in [4.78, 5) is 0. The molecule has 0 saturated heterocycles. The third kappa shape index (κ3) is 2.44. The Morgan fingerprint density at radius 2 is 1.93 bits per heavy atom. The molecule has 4 heteroatoms. The van der Waals surface area contributed by atoms with Crippen molar-refractivity contribution in [2.75, 3.05) is 0 Å². The molecule has 0 spiro atoms. The minimum Gasteiger partial charge on any atom is -0.324 e. The third-order valence-corrected chi connectivity index (χ3v) is 3.36. The van der Waals surface area contributed by atoms with Crippen molar-refractivity contribution < 1.29 is 4.39 Å². The van der Waals surface area contributed by atoms with Gasteiger partial charge in [0.15, 0.2) is 0 Å². The quantitative estimate of drug-likeness (QED) is 0.805. The predicted octanol–water partition coefficient (Wildman–Crippen LogP) is 3.93. The van der Waals surface area contributed by atoms with Crippen LogP contribution < -0.4 is 5.73 Å². The average Bonchev–Trinajstić information content (AvgIpc) is 2.96. The third-order valence-electron chi connectivity index (χ3n) is 2.73. The van der Waals surface area contributed by atoms with Gasteiger partial charge in [-0.25, -0.2) is 4.39 Å². The lowest BCUT2D eigenvalue weighted by atomic mass is 10.0. The van der Waals surface area contributed by atoms with Gasteiger partial charge < -0.3 is 5.73 Å². The summed E-state index contributed by atoms with van der Waals surface area (Å²) in [7, 11) is 0. The van der Waals surface area contributed by atoms with Crippen LogP contribution in [0.3, 0.4) is 0 Å². The topological polar surface area (TPSA) is 26.0 Å². The largest absolute Gasteiger partial charge is 0.324 e. The summed E-state index contributed by atoms with van der Waals surface area (Å²) in [5, 5.41) is 0.450. The lowest BCUT2D eigenvalue weighted by Crippen LogP contribution is -2.13. The van der Waals surface area contributed by atoms with E-state index in [1.165, 1.54) is 18.9 Å². The van der Waals surface area contributed by atoms with Crippen molar-refractivity contribution in [2.24, 2.45) is 11.7 Å². The van der Waals surface area contributed by atoms with Gasteiger partial charge in [0.2, 0.25) is 0 Å². The monoisotopic (exact) mass is 247 g/mol. The fourth-order valence-electron chi connectivity index (χ4n) is 1.71.